The van der Waals surface area contributed by atoms with Gasteiger partial charge in [0, 0.05) is 17.6 Å². The lowest BCUT2D eigenvalue weighted by Crippen LogP contribution is -2.41. The fraction of sp³-hybridized carbons (Fsp3) is 0.136. The summed E-state index contributed by atoms with van der Waals surface area (Å²) in [6.45, 7) is -0.239. The van der Waals surface area contributed by atoms with Crippen LogP contribution in [0.4, 0.5) is 10.2 Å². The molecule has 0 aliphatic carbocycles. The van der Waals surface area contributed by atoms with Gasteiger partial charge in [-0.2, -0.15) is 0 Å². The van der Waals surface area contributed by atoms with E-state index in [0.717, 1.165) is 0 Å². The molecule has 172 valence electrons. The van der Waals surface area contributed by atoms with Crippen molar-refractivity contribution < 1.29 is 23.3 Å². The van der Waals surface area contributed by atoms with Gasteiger partial charge < -0.3 is 25.0 Å². The van der Waals surface area contributed by atoms with Crippen molar-refractivity contribution in [2.45, 2.75) is 12.6 Å². The van der Waals surface area contributed by atoms with E-state index in [1.807, 2.05) is 0 Å². The SMILES string of the molecule is CNC(=O)c1nc(NC(=O)c2noc3ccccc23)c2n1CC(=O)NC2c1cc(F)ccc1Cl. The molecular formula is C22H16ClFN6O4. The van der Waals surface area contributed by atoms with E-state index in [0.29, 0.717) is 11.0 Å². The predicted molar refractivity (Wildman–Crippen MR) is 119 cm³/mol. The molecule has 0 saturated carbocycles. The monoisotopic (exact) mass is 482 g/mol. The summed E-state index contributed by atoms with van der Waals surface area (Å²) in [5.41, 5.74) is 0.926. The van der Waals surface area contributed by atoms with Crippen LogP contribution in [-0.2, 0) is 11.3 Å². The van der Waals surface area contributed by atoms with Crippen molar-refractivity contribution in [2.75, 3.05) is 12.4 Å². The highest BCUT2D eigenvalue weighted by Gasteiger charge is 2.36. The molecule has 1 aliphatic rings. The number of para-hydroxylation sites is 1. The molecule has 1 atom stereocenters. The molecule has 0 radical (unpaired) electrons. The predicted octanol–water partition coefficient (Wildman–Crippen LogP) is 2.65. The minimum absolute atomic E-state index is 0.0130. The maximum Gasteiger partial charge on any atom is 0.287 e. The first-order chi connectivity index (χ1) is 16.4. The molecule has 0 fully saturated rings. The Bertz CT molecular complexity index is 1480. The summed E-state index contributed by atoms with van der Waals surface area (Å²) in [4.78, 5) is 42.4. The average Bonchev–Trinajstić information content (AvgIpc) is 3.41. The van der Waals surface area contributed by atoms with Crippen molar-refractivity contribution in [3.8, 4) is 0 Å². The van der Waals surface area contributed by atoms with Gasteiger partial charge >= 0.3 is 0 Å². The van der Waals surface area contributed by atoms with E-state index >= 15 is 0 Å². The summed E-state index contributed by atoms with van der Waals surface area (Å²) in [6, 6.07) is 9.54. The Balaban J connectivity index is 1.64. The lowest BCUT2D eigenvalue weighted by molar-refractivity contribution is -0.123. The summed E-state index contributed by atoms with van der Waals surface area (Å²) in [7, 11) is 1.41. The number of halogens is 2. The van der Waals surface area contributed by atoms with Crippen LogP contribution in [-0.4, -0.2) is 39.5 Å². The second kappa shape index (κ2) is 8.27. The zero-order valence-corrected chi connectivity index (χ0v) is 18.3. The van der Waals surface area contributed by atoms with E-state index in [4.69, 9.17) is 16.1 Å². The van der Waals surface area contributed by atoms with Gasteiger partial charge in [0.15, 0.2) is 17.1 Å². The number of carbonyl (C=O) groups is 3. The first kappa shape index (κ1) is 21.6. The molecule has 3 heterocycles. The number of hydrogen-bond donors (Lipinski definition) is 3. The summed E-state index contributed by atoms with van der Waals surface area (Å²) in [5, 5.41) is 12.3. The number of fused-ring (bicyclic) bond motifs is 2. The van der Waals surface area contributed by atoms with Crippen LogP contribution in [0.2, 0.25) is 5.02 Å². The van der Waals surface area contributed by atoms with Crippen LogP contribution in [0.5, 0.6) is 0 Å². The third-order valence-electron chi connectivity index (χ3n) is 5.41. The van der Waals surface area contributed by atoms with Gasteiger partial charge in [-0.1, -0.05) is 28.9 Å². The highest BCUT2D eigenvalue weighted by atomic mass is 35.5. The van der Waals surface area contributed by atoms with Gasteiger partial charge in [0.2, 0.25) is 11.7 Å². The topological polar surface area (TPSA) is 131 Å². The number of carbonyl (C=O) groups excluding carboxylic acids is 3. The first-order valence-electron chi connectivity index (χ1n) is 10.1. The molecule has 3 N–H and O–H groups in total. The van der Waals surface area contributed by atoms with Crippen LogP contribution < -0.4 is 16.0 Å². The van der Waals surface area contributed by atoms with Crippen LogP contribution in [0.25, 0.3) is 11.0 Å². The van der Waals surface area contributed by atoms with Crippen molar-refractivity contribution >= 4 is 46.1 Å². The molecule has 0 spiro atoms. The second-order valence-electron chi connectivity index (χ2n) is 7.48. The van der Waals surface area contributed by atoms with Crippen molar-refractivity contribution in [1.29, 1.82) is 0 Å². The van der Waals surface area contributed by atoms with Gasteiger partial charge in [-0.15, -0.1) is 0 Å². The zero-order chi connectivity index (χ0) is 24.0. The largest absolute Gasteiger partial charge is 0.355 e. The van der Waals surface area contributed by atoms with E-state index in [9.17, 15) is 18.8 Å². The van der Waals surface area contributed by atoms with Gasteiger partial charge in [0.25, 0.3) is 11.8 Å². The standard InChI is InChI=1S/C22H16ClFN6O4/c1-25-22(33)20-27-19(28-21(32)17-11-4-2-3-5-14(11)34-29-17)18-16(26-15(31)9-30(18)20)12-8-10(24)6-7-13(12)23/h2-8,16H,9H2,1H3,(H,25,33)(H,26,31)(H,28,32). The third kappa shape index (κ3) is 3.55. The van der Waals surface area contributed by atoms with Crippen LogP contribution in [0.15, 0.2) is 47.0 Å². The lowest BCUT2D eigenvalue weighted by Gasteiger charge is -2.28. The second-order valence-corrected chi connectivity index (χ2v) is 7.89. The highest BCUT2D eigenvalue weighted by molar-refractivity contribution is 6.31. The van der Waals surface area contributed by atoms with Crippen LogP contribution in [0, 0.1) is 5.82 Å². The molecule has 2 aromatic heterocycles. The molecule has 5 rings (SSSR count). The van der Waals surface area contributed by atoms with Crippen LogP contribution >= 0.6 is 11.6 Å². The number of nitrogens with zero attached hydrogens (tertiary/aromatic N) is 3. The maximum absolute atomic E-state index is 14.1. The minimum atomic E-state index is -0.986. The van der Waals surface area contributed by atoms with E-state index in [1.165, 1.54) is 29.8 Å². The Morgan fingerprint density at radius 2 is 2.03 bits per heavy atom. The average molecular weight is 483 g/mol. The quantitative estimate of drug-likeness (QED) is 0.410. The number of rotatable bonds is 4. The number of hydrogen-bond acceptors (Lipinski definition) is 6. The van der Waals surface area contributed by atoms with Crippen molar-refractivity contribution in [2.24, 2.45) is 0 Å². The number of imidazole rings is 1. The number of amides is 3. The molecule has 4 aromatic rings. The number of benzene rings is 2. The lowest BCUT2D eigenvalue weighted by atomic mass is 10.0. The van der Waals surface area contributed by atoms with Gasteiger partial charge in [0.1, 0.15) is 12.4 Å². The summed E-state index contributed by atoms with van der Waals surface area (Å²) in [5.74, 6) is -2.36. The molecule has 34 heavy (non-hydrogen) atoms. The summed E-state index contributed by atoms with van der Waals surface area (Å²) < 4.78 is 20.6. The summed E-state index contributed by atoms with van der Waals surface area (Å²) in [6.07, 6.45) is 0. The number of nitrogens with one attached hydrogen (secondary N) is 3. The van der Waals surface area contributed by atoms with Gasteiger partial charge in [0.05, 0.1) is 17.1 Å². The van der Waals surface area contributed by atoms with Gasteiger partial charge in [-0.3, -0.25) is 14.4 Å². The van der Waals surface area contributed by atoms with Gasteiger partial charge in [-0.25, -0.2) is 9.37 Å². The Morgan fingerprint density at radius 3 is 2.82 bits per heavy atom. The van der Waals surface area contributed by atoms with Gasteiger partial charge in [-0.05, 0) is 30.3 Å². The normalized spacial score (nSPS) is 15.0. The van der Waals surface area contributed by atoms with E-state index in [2.05, 4.69) is 26.1 Å². The minimum Gasteiger partial charge on any atom is -0.355 e. The van der Waals surface area contributed by atoms with Crippen molar-refractivity contribution in [3.63, 3.8) is 0 Å². The molecule has 3 amide bonds. The maximum atomic E-state index is 14.1. The molecule has 2 aromatic carbocycles. The molecule has 1 unspecified atom stereocenters. The smallest absolute Gasteiger partial charge is 0.287 e. The fourth-order valence-corrected chi connectivity index (χ4v) is 4.12. The molecule has 0 bridgehead atoms. The molecule has 1 aliphatic heterocycles. The van der Waals surface area contributed by atoms with Crippen molar-refractivity contribution in [1.82, 2.24) is 25.3 Å². The summed E-state index contributed by atoms with van der Waals surface area (Å²) >= 11 is 6.31. The van der Waals surface area contributed by atoms with Crippen LogP contribution in [0.3, 0.4) is 0 Å². The Morgan fingerprint density at radius 1 is 1.24 bits per heavy atom. The molecule has 10 nitrogen and oxygen atoms in total. The number of anilines is 1. The van der Waals surface area contributed by atoms with E-state index < -0.39 is 29.6 Å². The van der Waals surface area contributed by atoms with E-state index in [-0.39, 0.29) is 40.2 Å². The Hall–Kier alpha value is -4.25. The Labute approximate surface area is 196 Å². The van der Waals surface area contributed by atoms with E-state index in [1.54, 1.807) is 24.3 Å². The molecule has 12 heteroatoms. The zero-order valence-electron chi connectivity index (χ0n) is 17.6. The first-order valence-corrected chi connectivity index (χ1v) is 10.5. The molecular weight excluding hydrogens is 467 g/mol. The number of aromatic nitrogens is 3. The fourth-order valence-electron chi connectivity index (χ4n) is 3.89. The Kier molecular flexibility index (Phi) is 5.25. The van der Waals surface area contributed by atoms with Crippen molar-refractivity contribution in [3.05, 3.63) is 76.1 Å². The van der Waals surface area contributed by atoms with Crippen LogP contribution in [0.1, 0.15) is 38.4 Å². The molecule has 0 saturated heterocycles. The highest BCUT2D eigenvalue weighted by Crippen LogP contribution is 2.36. The third-order valence-corrected chi connectivity index (χ3v) is 5.76.